The lowest BCUT2D eigenvalue weighted by molar-refractivity contribution is 0.328. The monoisotopic (exact) mass is 241 g/mol. The predicted octanol–water partition coefficient (Wildman–Crippen LogP) is 1.09. The van der Waals surface area contributed by atoms with E-state index >= 15 is 0 Å². The molecule has 0 atom stereocenters. The van der Waals surface area contributed by atoms with Gasteiger partial charge in [-0.05, 0) is 25.1 Å². The van der Waals surface area contributed by atoms with Gasteiger partial charge in [0.15, 0.2) is 11.5 Å². The van der Waals surface area contributed by atoms with Crippen LogP contribution in [0, 0.1) is 0 Å². The molecule has 0 bridgehead atoms. The average molecular weight is 241 g/mol. The summed E-state index contributed by atoms with van der Waals surface area (Å²) in [7, 11) is 4.11. The molecular formula is C11H19NO3Si. The molecule has 0 saturated heterocycles. The van der Waals surface area contributed by atoms with E-state index in [1.807, 2.05) is 6.07 Å². The summed E-state index contributed by atoms with van der Waals surface area (Å²) in [6, 6.07) is 3.02. The number of aryl methyl sites for hydroxylation is 1. The van der Waals surface area contributed by atoms with E-state index in [1.165, 1.54) is 0 Å². The molecule has 1 heterocycles. The summed E-state index contributed by atoms with van der Waals surface area (Å²) in [6.45, 7) is 0.710. The van der Waals surface area contributed by atoms with Crippen LogP contribution >= 0.6 is 0 Å². The summed E-state index contributed by atoms with van der Waals surface area (Å²) in [5.74, 6) is 1.44. The van der Waals surface area contributed by atoms with Crippen molar-refractivity contribution < 1.29 is 14.2 Å². The SMILES string of the molecule is COc1cc[si](CCCN)c(OC)c1OC. The van der Waals surface area contributed by atoms with Crippen LogP contribution in [0.4, 0.5) is 0 Å². The van der Waals surface area contributed by atoms with Crippen LogP contribution < -0.4 is 19.9 Å². The van der Waals surface area contributed by atoms with Crippen molar-refractivity contribution in [2.75, 3.05) is 27.9 Å². The summed E-state index contributed by atoms with van der Waals surface area (Å²) >= 11 is 0. The maximum atomic E-state index is 5.53. The minimum atomic E-state index is -0.832. The molecule has 2 N–H and O–H groups in total. The Bertz CT molecular complexity index is 344. The number of hydrogen-bond acceptors (Lipinski definition) is 4. The fraction of sp³-hybridized carbons (Fsp3) is 0.545. The highest BCUT2D eigenvalue weighted by molar-refractivity contribution is 6.55. The zero-order valence-corrected chi connectivity index (χ0v) is 11.1. The first-order valence-electron chi connectivity index (χ1n) is 5.26. The van der Waals surface area contributed by atoms with Crippen LogP contribution in [0.25, 0.3) is 0 Å². The summed E-state index contributed by atoms with van der Waals surface area (Å²) in [5.41, 5.74) is 7.69. The van der Waals surface area contributed by atoms with Gasteiger partial charge in [0.1, 0.15) is 5.36 Å². The third kappa shape index (κ3) is 2.74. The van der Waals surface area contributed by atoms with Crippen LogP contribution in [0.5, 0.6) is 16.9 Å². The summed E-state index contributed by atoms with van der Waals surface area (Å²) in [5, 5.41) is 0.917. The first-order chi connectivity index (χ1) is 7.78. The Morgan fingerprint density at radius 1 is 1.19 bits per heavy atom. The molecule has 0 spiro atoms. The summed E-state index contributed by atoms with van der Waals surface area (Å²) in [4.78, 5) is 0. The Hall–Kier alpha value is -1.07. The number of rotatable bonds is 6. The molecule has 0 fully saturated rings. The normalized spacial score (nSPS) is 10.0. The Morgan fingerprint density at radius 3 is 2.44 bits per heavy atom. The second-order valence-corrected chi connectivity index (χ2v) is 5.72. The maximum absolute atomic E-state index is 5.53. The van der Waals surface area contributed by atoms with Crippen LogP contribution in [-0.4, -0.2) is 36.3 Å². The molecule has 0 unspecified atom stereocenters. The second-order valence-electron chi connectivity index (χ2n) is 3.39. The molecule has 0 aliphatic rings. The first-order valence-corrected chi connectivity index (χ1v) is 7.04. The van der Waals surface area contributed by atoms with E-state index in [1.54, 1.807) is 21.3 Å². The molecule has 5 heteroatoms. The fourth-order valence-corrected chi connectivity index (χ4v) is 3.91. The van der Waals surface area contributed by atoms with Crippen molar-refractivity contribution in [2.24, 2.45) is 5.73 Å². The molecule has 0 amide bonds. The lowest BCUT2D eigenvalue weighted by Gasteiger charge is -2.15. The van der Waals surface area contributed by atoms with Crippen LogP contribution in [0.1, 0.15) is 6.42 Å². The average Bonchev–Trinajstić information content (AvgIpc) is 2.34. The van der Waals surface area contributed by atoms with Crippen LogP contribution in [0.15, 0.2) is 11.7 Å². The Labute approximate surface area is 97.8 Å². The van der Waals surface area contributed by atoms with E-state index in [9.17, 15) is 0 Å². The van der Waals surface area contributed by atoms with E-state index in [4.69, 9.17) is 19.9 Å². The molecule has 90 valence electrons. The van der Waals surface area contributed by atoms with E-state index in [-0.39, 0.29) is 0 Å². The van der Waals surface area contributed by atoms with Crippen LogP contribution in [0.2, 0.25) is 0 Å². The van der Waals surface area contributed by atoms with Crippen LogP contribution in [-0.2, 0) is 6.04 Å². The zero-order valence-electron chi connectivity index (χ0n) is 10.1. The van der Waals surface area contributed by atoms with Crippen molar-refractivity contribution in [3.63, 3.8) is 0 Å². The van der Waals surface area contributed by atoms with Gasteiger partial charge in [-0.1, -0.05) is 5.68 Å². The molecule has 1 aromatic rings. The van der Waals surface area contributed by atoms with E-state index in [2.05, 4.69) is 5.68 Å². The molecule has 4 nitrogen and oxygen atoms in total. The highest BCUT2D eigenvalue weighted by atomic mass is 28.2. The Balaban J connectivity index is 3.10. The van der Waals surface area contributed by atoms with Gasteiger partial charge < -0.3 is 19.9 Å². The topological polar surface area (TPSA) is 53.7 Å². The number of methoxy groups -OCH3 is 3. The highest BCUT2D eigenvalue weighted by Crippen LogP contribution is 2.36. The van der Waals surface area contributed by atoms with Crippen LogP contribution in [0.3, 0.4) is 0 Å². The minimum Gasteiger partial charge on any atom is -0.498 e. The highest BCUT2D eigenvalue weighted by Gasteiger charge is 2.15. The Kier molecular flexibility index (Phi) is 5.28. The van der Waals surface area contributed by atoms with E-state index in [0.29, 0.717) is 6.54 Å². The second kappa shape index (κ2) is 6.50. The molecule has 0 aliphatic heterocycles. The maximum Gasteiger partial charge on any atom is 0.197 e. The minimum absolute atomic E-state index is 0.710. The fourth-order valence-electron chi connectivity index (χ4n) is 1.65. The molecule has 1 aromatic heterocycles. The predicted molar refractivity (Wildman–Crippen MR) is 65.7 cm³/mol. The number of hydrogen-bond donors (Lipinski definition) is 1. The molecule has 0 saturated carbocycles. The van der Waals surface area contributed by atoms with Gasteiger partial charge in [-0.3, -0.25) is 0 Å². The lowest BCUT2D eigenvalue weighted by Crippen LogP contribution is -2.11. The van der Waals surface area contributed by atoms with Gasteiger partial charge in [-0.25, -0.2) is 0 Å². The van der Waals surface area contributed by atoms with E-state index < -0.39 is 8.40 Å². The molecule has 0 aliphatic carbocycles. The van der Waals surface area contributed by atoms with Crippen molar-refractivity contribution in [3.8, 4) is 16.9 Å². The van der Waals surface area contributed by atoms with Gasteiger partial charge in [0, 0.05) is 0 Å². The number of ether oxygens (including phenoxy) is 3. The summed E-state index contributed by atoms with van der Waals surface area (Å²) < 4.78 is 16.0. The van der Waals surface area contributed by atoms with Gasteiger partial charge in [0.2, 0.25) is 0 Å². The first kappa shape index (κ1) is 13.0. The quantitative estimate of drug-likeness (QED) is 0.757. The Morgan fingerprint density at radius 2 is 1.94 bits per heavy atom. The lowest BCUT2D eigenvalue weighted by atomic mass is 10.4. The smallest absolute Gasteiger partial charge is 0.197 e. The molecule has 1 rings (SSSR count). The molecule has 0 aromatic carbocycles. The van der Waals surface area contributed by atoms with Gasteiger partial charge >= 0.3 is 0 Å². The van der Waals surface area contributed by atoms with Crippen molar-refractivity contribution >= 4 is 8.40 Å². The standard InChI is InChI=1S/C11H19NO3Si/c1-13-9-5-8-16(7-4-6-12)11(15-3)10(9)14-2/h5,8H,4,6-7,12H2,1-3H3. The largest absolute Gasteiger partial charge is 0.498 e. The van der Waals surface area contributed by atoms with Crippen molar-refractivity contribution in [1.82, 2.24) is 0 Å². The zero-order chi connectivity index (χ0) is 12.0. The third-order valence-corrected chi connectivity index (χ3v) is 4.91. The molecule has 16 heavy (non-hydrogen) atoms. The van der Waals surface area contributed by atoms with Crippen molar-refractivity contribution in [2.45, 2.75) is 12.5 Å². The van der Waals surface area contributed by atoms with Gasteiger partial charge in [0.25, 0.3) is 0 Å². The summed E-state index contributed by atoms with van der Waals surface area (Å²) in [6.07, 6.45) is 1.00. The molecular weight excluding hydrogens is 222 g/mol. The third-order valence-electron chi connectivity index (χ3n) is 2.44. The van der Waals surface area contributed by atoms with Gasteiger partial charge in [-0.2, -0.15) is 0 Å². The van der Waals surface area contributed by atoms with Gasteiger partial charge in [0.05, 0.1) is 29.7 Å². The van der Waals surface area contributed by atoms with E-state index in [0.717, 1.165) is 29.3 Å². The molecule has 0 radical (unpaired) electrons. The van der Waals surface area contributed by atoms with Crippen molar-refractivity contribution in [3.05, 3.63) is 11.7 Å². The van der Waals surface area contributed by atoms with Gasteiger partial charge in [-0.15, -0.1) is 0 Å². The van der Waals surface area contributed by atoms with Crippen molar-refractivity contribution in [1.29, 1.82) is 0 Å². The number of nitrogens with two attached hydrogens (primary N) is 1.